The molecule has 0 saturated carbocycles. The number of thiophene rings is 1. The molecule has 0 aliphatic heterocycles. The molecule has 10 heteroatoms. The minimum Gasteiger partial charge on any atom is -0.475 e. The maximum Gasteiger partial charge on any atom is 0.251 e. The number of aromatic nitrogens is 4. The van der Waals surface area contributed by atoms with Gasteiger partial charge in [-0.25, -0.2) is 14.5 Å². The summed E-state index contributed by atoms with van der Waals surface area (Å²) in [5, 5.41) is 9.54. The molecule has 1 amide bonds. The predicted molar refractivity (Wildman–Crippen MR) is 146 cm³/mol. The van der Waals surface area contributed by atoms with Gasteiger partial charge in [0.2, 0.25) is 5.88 Å². The third kappa shape index (κ3) is 6.33. The number of carbonyl (C=O) groups is 1. The van der Waals surface area contributed by atoms with Gasteiger partial charge in [0.05, 0.1) is 34.1 Å². The van der Waals surface area contributed by atoms with Crippen LogP contribution in [0.1, 0.15) is 38.1 Å². The van der Waals surface area contributed by atoms with E-state index in [0.717, 1.165) is 23.7 Å². The van der Waals surface area contributed by atoms with Gasteiger partial charge in [-0.1, -0.05) is 19.9 Å². The van der Waals surface area contributed by atoms with Gasteiger partial charge in [-0.2, -0.15) is 5.10 Å². The molecule has 0 spiro atoms. The second-order valence-electron chi connectivity index (χ2n) is 8.83. The number of hydrogen-bond acceptors (Lipinski definition) is 8. The minimum atomic E-state index is -0.184. The molecule has 0 fully saturated rings. The van der Waals surface area contributed by atoms with Crippen LogP contribution >= 0.6 is 11.3 Å². The van der Waals surface area contributed by atoms with E-state index >= 15 is 0 Å². The average molecular weight is 523 g/mol. The SMILES string of the molecule is CCN(CC)C(C)CNC(=O)c1cc(OCC(C)OC)nc(-c2cnn3ccc(-c4cccs4)nc23)c1. The van der Waals surface area contributed by atoms with Crippen molar-refractivity contribution >= 4 is 22.9 Å². The Kier molecular flexibility index (Phi) is 8.86. The molecule has 0 aliphatic rings. The first-order valence-corrected chi connectivity index (χ1v) is 13.4. The van der Waals surface area contributed by atoms with E-state index in [4.69, 9.17) is 19.4 Å². The highest BCUT2D eigenvalue weighted by atomic mass is 32.1. The van der Waals surface area contributed by atoms with Crippen molar-refractivity contribution in [3.05, 3.63) is 53.7 Å². The molecule has 2 unspecified atom stereocenters. The highest BCUT2D eigenvalue weighted by molar-refractivity contribution is 7.13. The second kappa shape index (κ2) is 12.3. The summed E-state index contributed by atoms with van der Waals surface area (Å²) in [7, 11) is 1.63. The molecule has 4 rings (SSSR count). The van der Waals surface area contributed by atoms with Gasteiger partial charge in [0, 0.05) is 37.5 Å². The Balaban J connectivity index is 1.68. The van der Waals surface area contributed by atoms with E-state index in [1.807, 2.05) is 36.7 Å². The molecule has 2 atom stereocenters. The standard InChI is InChI=1S/C27H34N6O3S/c1-6-32(7-2)18(3)15-28-27(34)20-13-23(30-25(14-20)36-17-19(4)35-5)21-16-29-33-11-10-22(31-26(21)33)24-9-8-12-37-24/h8-14,16,18-19H,6-7,15,17H2,1-5H3,(H,28,34). The fraction of sp³-hybridized carbons (Fsp3) is 0.407. The van der Waals surface area contributed by atoms with Crippen LogP contribution in [0.25, 0.3) is 27.5 Å². The highest BCUT2D eigenvalue weighted by Gasteiger charge is 2.18. The molecule has 37 heavy (non-hydrogen) atoms. The van der Waals surface area contributed by atoms with Gasteiger partial charge in [0.15, 0.2) is 5.65 Å². The zero-order chi connectivity index (χ0) is 26.4. The van der Waals surface area contributed by atoms with E-state index in [9.17, 15) is 4.79 Å². The number of likely N-dealkylation sites (N-methyl/N-ethyl adjacent to an activating group) is 1. The largest absolute Gasteiger partial charge is 0.475 e. The van der Waals surface area contributed by atoms with E-state index in [1.54, 1.807) is 41.3 Å². The summed E-state index contributed by atoms with van der Waals surface area (Å²) < 4.78 is 12.9. The predicted octanol–water partition coefficient (Wildman–Crippen LogP) is 4.39. The number of amides is 1. The van der Waals surface area contributed by atoms with E-state index in [2.05, 4.69) is 36.1 Å². The number of pyridine rings is 1. The molecule has 0 aliphatic carbocycles. The molecule has 4 aromatic heterocycles. The zero-order valence-corrected chi connectivity index (χ0v) is 22.8. The van der Waals surface area contributed by atoms with Gasteiger partial charge >= 0.3 is 0 Å². The number of hydrogen-bond donors (Lipinski definition) is 1. The summed E-state index contributed by atoms with van der Waals surface area (Å²) in [4.78, 5) is 26.1. The van der Waals surface area contributed by atoms with E-state index in [1.165, 1.54) is 0 Å². The smallest absolute Gasteiger partial charge is 0.251 e. The number of nitrogens with one attached hydrogen (secondary N) is 1. The maximum absolute atomic E-state index is 13.2. The van der Waals surface area contributed by atoms with Crippen molar-refractivity contribution in [3.63, 3.8) is 0 Å². The van der Waals surface area contributed by atoms with Crippen LogP contribution < -0.4 is 10.1 Å². The summed E-state index contributed by atoms with van der Waals surface area (Å²) in [5.41, 5.74) is 3.26. The van der Waals surface area contributed by atoms with Gasteiger partial charge in [0.25, 0.3) is 5.91 Å². The Labute approximate surface area is 221 Å². The molecule has 196 valence electrons. The van der Waals surface area contributed by atoms with Crippen LogP contribution in [0.5, 0.6) is 5.88 Å². The molecule has 0 aromatic carbocycles. The normalized spacial score (nSPS) is 13.1. The molecule has 0 radical (unpaired) electrons. The average Bonchev–Trinajstić information content (AvgIpc) is 3.61. The van der Waals surface area contributed by atoms with Crippen LogP contribution in [0, 0.1) is 0 Å². The molecule has 4 aromatic rings. The topological polar surface area (TPSA) is 93.9 Å². The lowest BCUT2D eigenvalue weighted by molar-refractivity contribution is 0.0699. The Morgan fingerprint density at radius 3 is 2.68 bits per heavy atom. The lowest BCUT2D eigenvalue weighted by atomic mass is 10.1. The molecule has 9 nitrogen and oxygen atoms in total. The molecule has 1 N–H and O–H groups in total. The summed E-state index contributed by atoms with van der Waals surface area (Å²) >= 11 is 1.63. The van der Waals surface area contributed by atoms with Crippen LogP contribution in [0.2, 0.25) is 0 Å². The Morgan fingerprint density at radius 1 is 1.16 bits per heavy atom. The van der Waals surface area contributed by atoms with Crippen LogP contribution in [-0.4, -0.2) is 75.9 Å². The fourth-order valence-electron chi connectivity index (χ4n) is 4.05. The van der Waals surface area contributed by atoms with Crippen LogP contribution in [0.15, 0.2) is 48.1 Å². The summed E-state index contributed by atoms with van der Waals surface area (Å²) in [6, 6.07) is 9.62. The second-order valence-corrected chi connectivity index (χ2v) is 9.78. The van der Waals surface area contributed by atoms with Crippen molar-refractivity contribution in [2.24, 2.45) is 0 Å². The number of fused-ring (bicyclic) bond motifs is 1. The maximum atomic E-state index is 13.2. The minimum absolute atomic E-state index is 0.121. The lowest BCUT2D eigenvalue weighted by Crippen LogP contribution is -2.42. The van der Waals surface area contributed by atoms with Crippen molar-refractivity contribution in [2.75, 3.05) is 33.4 Å². The van der Waals surface area contributed by atoms with Crippen LogP contribution in [0.3, 0.4) is 0 Å². The first kappa shape index (κ1) is 26.7. The van der Waals surface area contributed by atoms with E-state index in [-0.39, 0.29) is 18.1 Å². The Morgan fingerprint density at radius 2 is 1.97 bits per heavy atom. The molecular weight excluding hydrogens is 488 g/mol. The summed E-state index contributed by atoms with van der Waals surface area (Å²) in [6.07, 6.45) is 3.47. The zero-order valence-electron chi connectivity index (χ0n) is 22.0. The number of rotatable bonds is 12. The molecule has 0 bridgehead atoms. The number of ether oxygens (including phenoxy) is 2. The molecular formula is C27H34N6O3S. The third-order valence-corrected chi connectivity index (χ3v) is 7.24. The number of nitrogens with zero attached hydrogens (tertiary/aromatic N) is 5. The van der Waals surface area contributed by atoms with Crippen molar-refractivity contribution in [2.45, 2.75) is 39.8 Å². The van der Waals surface area contributed by atoms with Gasteiger partial charge in [0.1, 0.15) is 6.61 Å². The van der Waals surface area contributed by atoms with Gasteiger partial charge < -0.3 is 14.8 Å². The first-order valence-electron chi connectivity index (χ1n) is 12.5. The Bertz CT molecular complexity index is 1320. The van der Waals surface area contributed by atoms with Crippen LogP contribution in [-0.2, 0) is 4.74 Å². The fourth-order valence-corrected chi connectivity index (χ4v) is 4.74. The van der Waals surface area contributed by atoms with Crippen LogP contribution in [0.4, 0.5) is 0 Å². The van der Waals surface area contributed by atoms with Crippen molar-refractivity contribution < 1.29 is 14.3 Å². The molecule has 4 heterocycles. The quantitative estimate of drug-likeness (QED) is 0.295. The van der Waals surface area contributed by atoms with Gasteiger partial charge in [-0.15, -0.1) is 11.3 Å². The Hall–Kier alpha value is -3.34. The number of carbonyl (C=O) groups excluding carboxylic acids is 1. The lowest BCUT2D eigenvalue weighted by Gasteiger charge is -2.26. The first-order chi connectivity index (χ1) is 17.9. The van der Waals surface area contributed by atoms with Gasteiger partial charge in [-0.3, -0.25) is 9.69 Å². The third-order valence-electron chi connectivity index (χ3n) is 6.34. The monoisotopic (exact) mass is 522 g/mol. The van der Waals surface area contributed by atoms with E-state index < -0.39 is 0 Å². The van der Waals surface area contributed by atoms with Crippen molar-refractivity contribution in [1.82, 2.24) is 29.8 Å². The van der Waals surface area contributed by atoms with Gasteiger partial charge in [-0.05, 0) is 50.5 Å². The summed E-state index contributed by atoms with van der Waals surface area (Å²) in [5.74, 6) is 0.160. The van der Waals surface area contributed by atoms with E-state index in [0.29, 0.717) is 41.5 Å². The number of methoxy groups -OCH3 is 1. The highest BCUT2D eigenvalue weighted by Crippen LogP contribution is 2.28. The molecule has 0 saturated heterocycles. The summed E-state index contributed by atoms with van der Waals surface area (Å²) in [6.45, 7) is 11.0. The van der Waals surface area contributed by atoms with Crippen molar-refractivity contribution in [3.8, 4) is 27.7 Å². The van der Waals surface area contributed by atoms with Crippen molar-refractivity contribution in [1.29, 1.82) is 0 Å².